The van der Waals surface area contributed by atoms with Gasteiger partial charge in [-0.2, -0.15) is 0 Å². The fraction of sp³-hybridized carbons (Fsp3) is 0.389. The minimum absolute atomic E-state index is 0.138. The Bertz CT molecular complexity index is 869. The highest BCUT2D eigenvalue weighted by molar-refractivity contribution is 6.48. The summed E-state index contributed by atoms with van der Waals surface area (Å²) in [6.45, 7) is 2.90. The van der Waals surface area contributed by atoms with Gasteiger partial charge in [0.25, 0.3) is 0 Å². The summed E-state index contributed by atoms with van der Waals surface area (Å²) in [6, 6.07) is 5.13. The Morgan fingerprint density at radius 3 is 3.04 bits per heavy atom. The van der Waals surface area contributed by atoms with Gasteiger partial charge in [-0.3, -0.25) is 0 Å². The molecule has 3 rings (SSSR count). The van der Waals surface area contributed by atoms with Gasteiger partial charge in [0.2, 0.25) is 0 Å². The summed E-state index contributed by atoms with van der Waals surface area (Å²) in [5, 5.41) is 21.0. The predicted octanol–water partition coefficient (Wildman–Crippen LogP) is 0.996. The highest BCUT2D eigenvalue weighted by Crippen LogP contribution is 2.31. The summed E-state index contributed by atoms with van der Waals surface area (Å²) in [5.74, 6) is -0.840. The van der Waals surface area contributed by atoms with Crippen molar-refractivity contribution in [3.05, 3.63) is 53.0 Å². The van der Waals surface area contributed by atoms with Crippen molar-refractivity contribution >= 4 is 13.1 Å². The van der Waals surface area contributed by atoms with Gasteiger partial charge in [0.15, 0.2) is 0 Å². The molecule has 1 aliphatic heterocycles. The van der Waals surface area contributed by atoms with Crippen molar-refractivity contribution in [1.82, 2.24) is 20.3 Å². The maximum atomic E-state index is 11.5. The highest BCUT2D eigenvalue weighted by atomic mass is 16.6. The first kappa shape index (κ1) is 19.9. The first-order valence-corrected chi connectivity index (χ1v) is 9.15. The number of carbonyl (C=O) groups is 1. The Labute approximate surface area is 163 Å². The lowest BCUT2D eigenvalue weighted by molar-refractivity contribution is 0.0694. The number of carboxylic acid groups (broad SMARTS) is 1. The number of carboxylic acids is 1. The summed E-state index contributed by atoms with van der Waals surface area (Å²) >= 11 is 0. The molecule has 0 radical (unpaired) electrons. The highest BCUT2D eigenvalue weighted by Gasteiger charge is 2.38. The maximum Gasteiger partial charge on any atom is 0.549 e. The number of nitrogens with two attached hydrogens (primary N) is 1. The molecule has 148 valence electrons. The summed E-state index contributed by atoms with van der Waals surface area (Å²) < 4.78 is 13.1. The van der Waals surface area contributed by atoms with Crippen molar-refractivity contribution in [3.63, 3.8) is 0 Å². The van der Waals surface area contributed by atoms with Crippen LogP contribution in [0.4, 0.5) is 0 Å². The quantitative estimate of drug-likeness (QED) is 0.575. The van der Waals surface area contributed by atoms with Crippen molar-refractivity contribution in [2.24, 2.45) is 5.73 Å². The second-order valence-corrected chi connectivity index (χ2v) is 6.53. The number of para-hydroxylation sites is 1. The lowest BCUT2D eigenvalue weighted by atomic mass is 9.71. The molecule has 4 N–H and O–H groups in total. The number of allylic oxidation sites excluding steroid dienone is 2. The Hall–Kier alpha value is -2.85. The van der Waals surface area contributed by atoms with Crippen LogP contribution in [0.2, 0.25) is 0 Å². The molecule has 1 aliphatic rings. The van der Waals surface area contributed by atoms with E-state index in [0.717, 1.165) is 23.4 Å². The maximum absolute atomic E-state index is 11.5. The van der Waals surface area contributed by atoms with Gasteiger partial charge in [-0.05, 0) is 24.5 Å². The minimum atomic E-state index is -1.02. The van der Waals surface area contributed by atoms with Gasteiger partial charge in [0.05, 0.1) is 29.9 Å². The third-order valence-corrected chi connectivity index (χ3v) is 4.51. The first-order valence-electron chi connectivity index (χ1n) is 9.15. The lowest BCUT2D eigenvalue weighted by Gasteiger charge is -2.32. The molecule has 28 heavy (non-hydrogen) atoms. The summed E-state index contributed by atoms with van der Waals surface area (Å²) in [6.07, 6.45) is 5.29. The third-order valence-electron chi connectivity index (χ3n) is 4.51. The van der Waals surface area contributed by atoms with E-state index in [2.05, 4.69) is 21.7 Å². The van der Waals surface area contributed by atoms with Crippen molar-refractivity contribution in [2.75, 3.05) is 7.11 Å². The summed E-state index contributed by atoms with van der Waals surface area (Å²) in [5.41, 5.74) is 8.23. The predicted molar refractivity (Wildman–Crippen MR) is 104 cm³/mol. The molecule has 0 saturated carbocycles. The molecule has 2 heterocycles. The number of hydrogen-bond acceptors (Lipinski definition) is 7. The fourth-order valence-corrected chi connectivity index (χ4v) is 3.25. The number of fused-ring (bicyclic) bond motifs is 1. The molecule has 1 aromatic carbocycles. The zero-order valence-electron chi connectivity index (χ0n) is 16.0. The molecule has 0 unspecified atom stereocenters. The van der Waals surface area contributed by atoms with E-state index in [1.165, 1.54) is 6.07 Å². The third kappa shape index (κ3) is 4.34. The van der Waals surface area contributed by atoms with Crippen LogP contribution in [-0.2, 0) is 24.2 Å². The zero-order valence-corrected chi connectivity index (χ0v) is 16.0. The SMILES string of the molecule is CC/C=C(/Cn1cc(CN)nn1)N[C@H]1Cc2cccc(C(=O)O)c2OB1OC. The Morgan fingerprint density at radius 2 is 2.39 bits per heavy atom. The molecule has 0 aliphatic carbocycles. The van der Waals surface area contributed by atoms with Crippen LogP contribution in [0.5, 0.6) is 5.75 Å². The lowest BCUT2D eigenvalue weighted by Crippen LogP contribution is -2.52. The number of aromatic nitrogens is 3. The molecular formula is C18H24BN5O4. The van der Waals surface area contributed by atoms with Crippen molar-refractivity contribution in [3.8, 4) is 5.75 Å². The van der Waals surface area contributed by atoms with Gasteiger partial charge in [-0.25, -0.2) is 9.48 Å². The molecule has 1 aromatic heterocycles. The Morgan fingerprint density at radius 1 is 1.57 bits per heavy atom. The van der Waals surface area contributed by atoms with Crippen LogP contribution in [0.3, 0.4) is 0 Å². The smallest absolute Gasteiger partial charge is 0.534 e. The van der Waals surface area contributed by atoms with Gasteiger partial charge in [0.1, 0.15) is 5.75 Å². The van der Waals surface area contributed by atoms with E-state index in [4.69, 9.17) is 15.0 Å². The minimum Gasteiger partial charge on any atom is -0.534 e. The number of nitrogens with zero attached hydrogens (tertiary/aromatic N) is 3. The number of nitrogens with one attached hydrogen (secondary N) is 1. The number of aromatic carboxylic acids is 1. The van der Waals surface area contributed by atoms with Crippen LogP contribution in [-0.4, -0.2) is 46.2 Å². The van der Waals surface area contributed by atoms with Crippen LogP contribution >= 0.6 is 0 Å². The van der Waals surface area contributed by atoms with Crippen LogP contribution in [0.25, 0.3) is 0 Å². The van der Waals surface area contributed by atoms with Gasteiger partial charge in [-0.1, -0.05) is 30.3 Å². The molecule has 0 amide bonds. The van der Waals surface area contributed by atoms with Gasteiger partial charge in [-0.15, -0.1) is 5.10 Å². The molecule has 10 heteroatoms. The first-order chi connectivity index (χ1) is 13.5. The molecule has 0 saturated heterocycles. The molecule has 2 aromatic rings. The van der Waals surface area contributed by atoms with Crippen LogP contribution in [0.1, 0.15) is 35.0 Å². The number of hydrogen-bond donors (Lipinski definition) is 3. The van der Waals surface area contributed by atoms with Crippen molar-refractivity contribution in [1.29, 1.82) is 0 Å². The van der Waals surface area contributed by atoms with E-state index < -0.39 is 13.1 Å². The van der Waals surface area contributed by atoms with Crippen LogP contribution in [0, 0.1) is 0 Å². The van der Waals surface area contributed by atoms with Crippen LogP contribution < -0.4 is 15.7 Å². The topological polar surface area (TPSA) is 125 Å². The average Bonchev–Trinajstić information content (AvgIpc) is 3.14. The summed E-state index contributed by atoms with van der Waals surface area (Å²) in [4.78, 5) is 11.5. The van der Waals surface area contributed by atoms with E-state index in [9.17, 15) is 9.90 Å². The number of benzene rings is 1. The molecule has 0 bridgehead atoms. The number of rotatable bonds is 8. The van der Waals surface area contributed by atoms with Crippen molar-refractivity contribution in [2.45, 2.75) is 38.8 Å². The zero-order chi connectivity index (χ0) is 20.1. The van der Waals surface area contributed by atoms with Gasteiger partial charge < -0.3 is 25.5 Å². The van der Waals surface area contributed by atoms with Crippen molar-refractivity contribution < 1.29 is 19.2 Å². The van der Waals surface area contributed by atoms with Crippen LogP contribution in [0.15, 0.2) is 36.2 Å². The molecular weight excluding hydrogens is 361 g/mol. The monoisotopic (exact) mass is 385 g/mol. The molecule has 0 fully saturated rings. The van der Waals surface area contributed by atoms with E-state index in [1.807, 2.05) is 19.2 Å². The molecule has 0 spiro atoms. The second kappa shape index (κ2) is 8.90. The van der Waals surface area contributed by atoms with E-state index in [-0.39, 0.29) is 11.5 Å². The van der Waals surface area contributed by atoms with E-state index >= 15 is 0 Å². The van der Waals surface area contributed by atoms with Gasteiger partial charge >= 0.3 is 13.1 Å². The van der Waals surface area contributed by atoms with E-state index in [1.54, 1.807) is 17.9 Å². The Balaban J connectivity index is 1.80. The summed E-state index contributed by atoms with van der Waals surface area (Å²) in [7, 11) is 0.922. The fourth-order valence-electron chi connectivity index (χ4n) is 3.25. The molecule has 9 nitrogen and oxygen atoms in total. The Kier molecular flexibility index (Phi) is 6.32. The van der Waals surface area contributed by atoms with E-state index in [0.29, 0.717) is 25.3 Å². The largest absolute Gasteiger partial charge is 0.549 e. The second-order valence-electron chi connectivity index (χ2n) is 6.53. The average molecular weight is 385 g/mol. The van der Waals surface area contributed by atoms with Gasteiger partial charge in [0, 0.05) is 19.4 Å². The molecule has 1 atom stereocenters. The normalized spacial score (nSPS) is 16.5. The standard InChI is InChI=1S/C18H24BN5O4/c1-3-5-13(10-24-11-14(9-20)22-23-24)21-16-8-12-6-4-7-15(18(25)26)17(12)28-19(16)27-2/h4-7,11,16,21H,3,8-10,20H2,1-2H3,(H,25,26)/b13-5-/t16-/m0/s1.